The number of aromatic nitrogens is 1. The lowest BCUT2D eigenvalue weighted by molar-refractivity contribution is 0.275. The van der Waals surface area contributed by atoms with Gasteiger partial charge in [0.2, 0.25) is 0 Å². The van der Waals surface area contributed by atoms with Crippen LogP contribution in [0.5, 0.6) is 0 Å². The molecule has 0 spiro atoms. The summed E-state index contributed by atoms with van der Waals surface area (Å²) in [7, 11) is 0. The van der Waals surface area contributed by atoms with Gasteiger partial charge in [0.25, 0.3) is 0 Å². The maximum atomic E-state index is 14.0. The molecular weight excluding hydrogens is 219 g/mol. The zero-order chi connectivity index (χ0) is 12.8. The third kappa shape index (κ3) is 3.40. The van der Waals surface area contributed by atoms with Crippen molar-refractivity contribution in [1.29, 1.82) is 0 Å². The van der Waals surface area contributed by atoms with E-state index in [1.54, 1.807) is 6.20 Å². The van der Waals surface area contributed by atoms with Crippen LogP contribution in [0.3, 0.4) is 0 Å². The molecule has 0 aliphatic rings. The minimum Gasteiger partial charge on any atom is -0.392 e. The summed E-state index contributed by atoms with van der Waals surface area (Å²) in [6.07, 6.45) is 2.60. The minimum absolute atomic E-state index is 0.289. The van der Waals surface area contributed by atoms with Crippen molar-refractivity contribution in [1.82, 2.24) is 4.98 Å². The van der Waals surface area contributed by atoms with Crippen molar-refractivity contribution < 1.29 is 9.50 Å². The van der Waals surface area contributed by atoms with Crippen LogP contribution in [0.1, 0.15) is 32.8 Å². The second-order valence-electron chi connectivity index (χ2n) is 4.32. The highest BCUT2D eigenvalue weighted by molar-refractivity contribution is 5.42. The van der Waals surface area contributed by atoms with Crippen molar-refractivity contribution in [2.75, 3.05) is 18.0 Å². The number of anilines is 1. The predicted molar refractivity (Wildman–Crippen MR) is 67.5 cm³/mol. The summed E-state index contributed by atoms with van der Waals surface area (Å²) in [5.41, 5.74) is 0.303. The van der Waals surface area contributed by atoms with Gasteiger partial charge in [0, 0.05) is 24.8 Å². The predicted octanol–water partition coefficient (Wildman–Crippen LogP) is 2.59. The van der Waals surface area contributed by atoms with E-state index in [2.05, 4.69) is 18.8 Å². The van der Waals surface area contributed by atoms with Gasteiger partial charge in [-0.15, -0.1) is 0 Å². The molecule has 0 fully saturated rings. The third-order valence-corrected chi connectivity index (χ3v) is 3.03. The van der Waals surface area contributed by atoms with Gasteiger partial charge >= 0.3 is 0 Å². The molecule has 3 nitrogen and oxygen atoms in total. The lowest BCUT2D eigenvalue weighted by Crippen LogP contribution is -2.30. The standard InChI is InChI=1S/C13H21FN2O/c1-4-10(3)8-16(5-2)13-12(14)11(9-17)6-7-15-13/h6-7,10,17H,4-5,8-9H2,1-3H3. The average molecular weight is 240 g/mol. The van der Waals surface area contributed by atoms with Crippen LogP contribution in [-0.4, -0.2) is 23.2 Å². The number of hydrogen-bond donors (Lipinski definition) is 1. The normalized spacial score (nSPS) is 12.5. The van der Waals surface area contributed by atoms with Crippen LogP contribution in [0.25, 0.3) is 0 Å². The van der Waals surface area contributed by atoms with E-state index in [-0.39, 0.29) is 6.61 Å². The van der Waals surface area contributed by atoms with Gasteiger partial charge < -0.3 is 10.0 Å². The summed E-state index contributed by atoms with van der Waals surface area (Å²) in [6.45, 7) is 7.44. The summed E-state index contributed by atoms with van der Waals surface area (Å²) in [6, 6.07) is 1.51. The van der Waals surface area contributed by atoms with Crippen LogP contribution in [-0.2, 0) is 6.61 Å². The molecule has 0 saturated carbocycles. The van der Waals surface area contributed by atoms with E-state index < -0.39 is 5.82 Å². The number of aliphatic hydroxyl groups excluding tert-OH is 1. The Labute approximate surface area is 102 Å². The van der Waals surface area contributed by atoms with Gasteiger partial charge in [0.1, 0.15) is 0 Å². The summed E-state index contributed by atoms with van der Waals surface area (Å²) in [5, 5.41) is 9.04. The first-order valence-corrected chi connectivity index (χ1v) is 6.13. The molecule has 17 heavy (non-hydrogen) atoms. The SMILES string of the molecule is CCC(C)CN(CC)c1nccc(CO)c1F. The Bertz CT molecular complexity index is 357. The Kier molecular flexibility index (Phi) is 5.35. The number of hydrogen-bond acceptors (Lipinski definition) is 3. The first-order chi connectivity index (χ1) is 8.13. The Balaban J connectivity index is 2.95. The zero-order valence-corrected chi connectivity index (χ0v) is 10.8. The third-order valence-electron chi connectivity index (χ3n) is 3.03. The number of halogens is 1. The Morgan fingerprint density at radius 2 is 2.18 bits per heavy atom. The van der Waals surface area contributed by atoms with E-state index in [9.17, 15) is 4.39 Å². The molecule has 0 radical (unpaired) electrons. The Morgan fingerprint density at radius 3 is 2.71 bits per heavy atom. The molecule has 0 saturated heterocycles. The smallest absolute Gasteiger partial charge is 0.171 e. The van der Waals surface area contributed by atoms with Crippen molar-refractivity contribution in [2.45, 2.75) is 33.8 Å². The lowest BCUT2D eigenvalue weighted by Gasteiger charge is -2.25. The van der Waals surface area contributed by atoms with Crippen LogP contribution >= 0.6 is 0 Å². The summed E-state index contributed by atoms with van der Waals surface area (Å²) in [4.78, 5) is 6.00. The molecule has 1 unspecified atom stereocenters. The maximum absolute atomic E-state index is 14.0. The first kappa shape index (κ1) is 13.9. The summed E-state index contributed by atoms with van der Waals surface area (Å²) < 4.78 is 14.0. The molecule has 1 N–H and O–H groups in total. The highest BCUT2D eigenvalue weighted by Gasteiger charge is 2.16. The van der Waals surface area contributed by atoms with Crippen LogP contribution < -0.4 is 4.90 Å². The monoisotopic (exact) mass is 240 g/mol. The van der Waals surface area contributed by atoms with E-state index >= 15 is 0 Å². The van der Waals surface area contributed by atoms with E-state index in [4.69, 9.17) is 5.11 Å². The van der Waals surface area contributed by atoms with Crippen LogP contribution in [0.2, 0.25) is 0 Å². The van der Waals surface area contributed by atoms with Gasteiger partial charge in [0.15, 0.2) is 11.6 Å². The fraction of sp³-hybridized carbons (Fsp3) is 0.615. The van der Waals surface area contributed by atoms with Crippen molar-refractivity contribution in [3.05, 3.63) is 23.6 Å². The molecule has 0 aliphatic heterocycles. The van der Waals surface area contributed by atoms with Crippen molar-refractivity contribution in [3.8, 4) is 0 Å². The molecule has 1 atom stereocenters. The number of pyridine rings is 1. The Morgan fingerprint density at radius 1 is 1.47 bits per heavy atom. The van der Waals surface area contributed by atoms with Gasteiger partial charge in [-0.1, -0.05) is 20.3 Å². The highest BCUT2D eigenvalue weighted by Crippen LogP contribution is 2.20. The molecule has 0 aliphatic carbocycles. The fourth-order valence-electron chi connectivity index (χ4n) is 1.68. The second kappa shape index (κ2) is 6.55. The minimum atomic E-state index is -0.403. The quantitative estimate of drug-likeness (QED) is 0.830. The maximum Gasteiger partial charge on any atom is 0.171 e. The highest BCUT2D eigenvalue weighted by atomic mass is 19.1. The number of nitrogens with zero attached hydrogens (tertiary/aromatic N) is 2. The van der Waals surface area contributed by atoms with Crippen LogP contribution in [0.4, 0.5) is 10.2 Å². The van der Waals surface area contributed by atoms with Crippen LogP contribution in [0.15, 0.2) is 12.3 Å². The van der Waals surface area contributed by atoms with Crippen molar-refractivity contribution in [2.24, 2.45) is 5.92 Å². The van der Waals surface area contributed by atoms with E-state index in [0.717, 1.165) is 13.0 Å². The van der Waals surface area contributed by atoms with E-state index in [1.807, 2.05) is 11.8 Å². The van der Waals surface area contributed by atoms with Crippen molar-refractivity contribution in [3.63, 3.8) is 0 Å². The lowest BCUT2D eigenvalue weighted by atomic mass is 10.1. The molecule has 1 aromatic rings. The molecule has 0 amide bonds. The fourth-order valence-corrected chi connectivity index (χ4v) is 1.68. The molecule has 1 rings (SSSR count). The number of rotatable bonds is 6. The van der Waals surface area contributed by atoms with Crippen LogP contribution in [0, 0.1) is 11.7 Å². The zero-order valence-electron chi connectivity index (χ0n) is 10.8. The molecule has 0 aromatic carbocycles. The molecule has 96 valence electrons. The molecule has 1 heterocycles. The summed E-state index contributed by atoms with van der Waals surface area (Å²) >= 11 is 0. The largest absolute Gasteiger partial charge is 0.392 e. The van der Waals surface area contributed by atoms with Gasteiger partial charge in [-0.2, -0.15) is 0 Å². The van der Waals surface area contributed by atoms with E-state index in [0.29, 0.717) is 23.8 Å². The molecule has 0 bridgehead atoms. The average Bonchev–Trinajstić information content (AvgIpc) is 2.36. The van der Waals surface area contributed by atoms with E-state index in [1.165, 1.54) is 6.07 Å². The van der Waals surface area contributed by atoms with Gasteiger partial charge in [-0.05, 0) is 18.9 Å². The second-order valence-corrected chi connectivity index (χ2v) is 4.32. The van der Waals surface area contributed by atoms with Gasteiger partial charge in [0.05, 0.1) is 6.61 Å². The number of aliphatic hydroxyl groups is 1. The molecule has 4 heteroatoms. The Hall–Kier alpha value is -1.16. The molecular formula is C13H21FN2O. The van der Waals surface area contributed by atoms with Crippen molar-refractivity contribution >= 4 is 5.82 Å². The first-order valence-electron chi connectivity index (χ1n) is 6.13. The summed E-state index contributed by atoms with van der Waals surface area (Å²) in [5.74, 6) is 0.438. The molecule has 1 aromatic heterocycles. The topological polar surface area (TPSA) is 36.4 Å². The van der Waals surface area contributed by atoms with Gasteiger partial charge in [-0.25, -0.2) is 9.37 Å². The van der Waals surface area contributed by atoms with Gasteiger partial charge in [-0.3, -0.25) is 0 Å².